The number of nitrogens with one attached hydrogen (secondary N) is 2. The Morgan fingerprint density at radius 1 is 1.03 bits per heavy atom. The first-order valence-electron chi connectivity index (χ1n) is 9.13. The Balaban J connectivity index is 1.39. The molecule has 0 saturated heterocycles. The Morgan fingerprint density at radius 2 is 1.90 bits per heavy atom. The fraction of sp³-hybridized carbons (Fsp3) is 0.0455. The molecule has 8 heteroatoms. The molecule has 2 N–H and O–H groups in total. The first-order chi connectivity index (χ1) is 14.6. The molecule has 3 heterocycles. The fourth-order valence-corrected chi connectivity index (χ4v) is 3.13. The van der Waals surface area contributed by atoms with Gasteiger partial charge in [-0.05, 0) is 55.0 Å². The van der Waals surface area contributed by atoms with Gasteiger partial charge in [-0.3, -0.25) is 9.59 Å². The maximum atomic E-state index is 12.7. The highest BCUT2D eigenvalue weighted by Gasteiger charge is 2.22. The third-order valence-electron chi connectivity index (χ3n) is 4.59. The number of rotatable bonds is 3. The normalized spacial score (nSPS) is 12.2. The van der Waals surface area contributed by atoms with Gasteiger partial charge in [0.2, 0.25) is 5.76 Å². The largest absolute Gasteiger partial charge is 0.461 e. The summed E-state index contributed by atoms with van der Waals surface area (Å²) in [6.45, 7) is 1.93. The summed E-state index contributed by atoms with van der Waals surface area (Å²) >= 11 is 0. The number of carbonyl (C=O) groups is 2. The summed E-state index contributed by atoms with van der Waals surface area (Å²) in [4.78, 5) is 25.2. The van der Waals surface area contributed by atoms with E-state index in [9.17, 15) is 9.59 Å². The minimum atomic E-state index is -0.481. The summed E-state index contributed by atoms with van der Waals surface area (Å²) in [5, 5.41) is 9.32. The molecule has 4 aromatic rings. The molecular weight excluding hydrogens is 386 g/mol. The molecule has 2 amide bonds. The molecule has 2 aromatic heterocycles. The van der Waals surface area contributed by atoms with E-state index < -0.39 is 5.91 Å². The van der Waals surface area contributed by atoms with Crippen molar-refractivity contribution in [2.45, 2.75) is 6.92 Å². The fourth-order valence-electron chi connectivity index (χ4n) is 3.13. The summed E-state index contributed by atoms with van der Waals surface area (Å²) in [5.41, 5.74) is 2.40. The predicted octanol–water partition coefficient (Wildman–Crippen LogP) is 4.85. The van der Waals surface area contributed by atoms with Crippen molar-refractivity contribution in [3.63, 3.8) is 0 Å². The molecule has 0 radical (unpaired) electrons. The standard InChI is InChI=1S/C22H15N3O5/c1-12-4-6-18-15(9-12)24-21(26)14-10-13(5-7-17(14)29-18)23-22(27)16-11-20(30-25-16)19-3-2-8-28-19/h2-11H,1H3,(H,23,27)(H,24,26). The molecular formula is C22H15N3O5. The van der Waals surface area contributed by atoms with Gasteiger partial charge in [0, 0.05) is 11.8 Å². The Kier molecular flexibility index (Phi) is 4.10. The minimum Gasteiger partial charge on any atom is -0.461 e. The highest BCUT2D eigenvalue weighted by molar-refractivity contribution is 6.09. The van der Waals surface area contributed by atoms with E-state index in [-0.39, 0.29) is 11.6 Å². The molecule has 5 rings (SSSR count). The molecule has 0 bridgehead atoms. The number of aromatic nitrogens is 1. The number of nitrogens with zero attached hydrogens (tertiary/aromatic N) is 1. The van der Waals surface area contributed by atoms with Gasteiger partial charge in [0.1, 0.15) is 5.75 Å². The summed E-state index contributed by atoms with van der Waals surface area (Å²) in [6, 6.07) is 15.3. The number of aryl methyl sites for hydroxylation is 1. The van der Waals surface area contributed by atoms with Crippen LogP contribution in [0.3, 0.4) is 0 Å². The number of hydrogen-bond acceptors (Lipinski definition) is 6. The molecule has 0 aliphatic carbocycles. The Labute approximate surface area is 170 Å². The van der Waals surface area contributed by atoms with Crippen molar-refractivity contribution in [1.29, 1.82) is 0 Å². The van der Waals surface area contributed by atoms with E-state index in [0.29, 0.717) is 40.0 Å². The van der Waals surface area contributed by atoms with Gasteiger partial charge in [-0.25, -0.2) is 0 Å². The van der Waals surface area contributed by atoms with Gasteiger partial charge in [-0.2, -0.15) is 0 Å². The van der Waals surface area contributed by atoms with E-state index in [2.05, 4.69) is 15.8 Å². The maximum Gasteiger partial charge on any atom is 0.277 e. The third-order valence-corrected chi connectivity index (χ3v) is 4.59. The number of benzene rings is 2. The molecule has 8 nitrogen and oxygen atoms in total. The van der Waals surface area contributed by atoms with Gasteiger partial charge < -0.3 is 24.3 Å². The molecule has 1 aliphatic heterocycles. The Morgan fingerprint density at radius 3 is 2.73 bits per heavy atom. The van der Waals surface area contributed by atoms with Gasteiger partial charge in [0.15, 0.2) is 17.2 Å². The van der Waals surface area contributed by atoms with Crippen LogP contribution in [0.2, 0.25) is 0 Å². The molecule has 0 saturated carbocycles. The lowest BCUT2D eigenvalue weighted by molar-refractivity contribution is 0.101. The topological polar surface area (TPSA) is 107 Å². The third kappa shape index (κ3) is 3.20. The second-order valence-electron chi connectivity index (χ2n) is 6.77. The predicted molar refractivity (Wildman–Crippen MR) is 108 cm³/mol. The summed E-state index contributed by atoms with van der Waals surface area (Å²) in [7, 11) is 0. The van der Waals surface area contributed by atoms with Gasteiger partial charge in [-0.15, -0.1) is 0 Å². The van der Waals surface area contributed by atoms with Crippen LogP contribution in [0.5, 0.6) is 11.5 Å². The van der Waals surface area contributed by atoms with Crippen molar-refractivity contribution < 1.29 is 23.3 Å². The SMILES string of the molecule is Cc1ccc2c(c1)NC(=O)c1cc(NC(=O)c3cc(-c4ccco4)on3)ccc1O2. The van der Waals surface area contributed by atoms with Crippen molar-refractivity contribution in [3.8, 4) is 23.0 Å². The molecule has 30 heavy (non-hydrogen) atoms. The summed E-state index contributed by atoms with van der Waals surface area (Å²) in [5.74, 6) is 0.952. The lowest BCUT2D eigenvalue weighted by atomic mass is 10.1. The van der Waals surface area contributed by atoms with Crippen molar-refractivity contribution in [2.75, 3.05) is 10.6 Å². The Bertz CT molecular complexity index is 1270. The van der Waals surface area contributed by atoms with Crippen LogP contribution in [0.1, 0.15) is 26.4 Å². The van der Waals surface area contributed by atoms with Crippen LogP contribution in [0.15, 0.2) is 69.8 Å². The monoisotopic (exact) mass is 401 g/mol. The second-order valence-corrected chi connectivity index (χ2v) is 6.77. The van der Waals surface area contributed by atoms with Crippen molar-refractivity contribution in [3.05, 3.63) is 77.7 Å². The first-order valence-corrected chi connectivity index (χ1v) is 9.13. The quantitative estimate of drug-likeness (QED) is 0.508. The maximum absolute atomic E-state index is 12.7. The van der Waals surface area contributed by atoms with Crippen LogP contribution >= 0.6 is 0 Å². The average Bonchev–Trinajstić information content (AvgIpc) is 3.40. The lowest BCUT2D eigenvalue weighted by Crippen LogP contribution is -2.14. The zero-order valence-corrected chi connectivity index (χ0v) is 15.8. The first kappa shape index (κ1) is 17.7. The number of hydrogen-bond donors (Lipinski definition) is 2. The van der Waals surface area contributed by atoms with Crippen molar-refractivity contribution >= 4 is 23.2 Å². The zero-order valence-electron chi connectivity index (χ0n) is 15.8. The minimum absolute atomic E-state index is 0.0833. The van der Waals surface area contributed by atoms with E-state index in [1.807, 2.05) is 19.1 Å². The van der Waals surface area contributed by atoms with Gasteiger partial charge in [-0.1, -0.05) is 11.2 Å². The van der Waals surface area contributed by atoms with Crippen LogP contribution in [-0.2, 0) is 0 Å². The van der Waals surface area contributed by atoms with E-state index in [0.717, 1.165) is 5.56 Å². The van der Waals surface area contributed by atoms with Crippen molar-refractivity contribution in [1.82, 2.24) is 5.16 Å². The zero-order chi connectivity index (χ0) is 20.7. The number of ether oxygens (including phenoxy) is 1. The smallest absolute Gasteiger partial charge is 0.277 e. The molecule has 0 unspecified atom stereocenters. The van der Waals surface area contributed by atoms with Crippen LogP contribution < -0.4 is 15.4 Å². The number of fused-ring (bicyclic) bond motifs is 2. The molecule has 148 valence electrons. The van der Waals surface area contributed by atoms with E-state index >= 15 is 0 Å². The number of carbonyl (C=O) groups excluding carboxylic acids is 2. The van der Waals surface area contributed by atoms with E-state index in [4.69, 9.17) is 13.7 Å². The summed E-state index contributed by atoms with van der Waals surface area (Å²) in [6.07, 6.45) is 1.50. The average molecular weight is 401 g/mol. The molecule has 0 atom stereocenters. The highest BCUT2D eigenvalue weighted by atomic mass is 16.5. The number of anilines is 2. The van der Waals surface area contributed by atoms with E-state index in [1.54, 1.807) is 36.4 Å². The van der Waals surface area contributed by atoms with Crippen LogP contribution in [-0.4, -0.2) is 17.0 Å². The van der Waals surface area contributed by atoms with Crippen LogP contribution in [0, 0.1) is 6.92 Å². The van der Waals surface area contributed by atoms with Gasteiger partial charge >= 0.3 is 0 Å². The second kappa shape index (κ2) is 6.93. The van der Waals surface area contributed by atoms with Crippen molar-refractivity contribution in [2.24, 2.45) is 0 Å². The molecule has 1 aliphatic rings. The van der Waals surface area contributed by atoms with Crippen LogP contribution in [0.25, 0.3) is 11.5 Å². The molecule has 0 spiro atoms. The molecule has 0 fully saturated rings. The highest BCUT2D eigenvalue weighted by Crippen LogP contribution is 2.37. The number of furan rings is 1. The van der Waals surface area contributed by atoms with Gasteiger partial charge in [0.05, 0.1) is 17.5 Å². The summed E-state index contributed by atoms with van der Waals surface area (Å²) < 4.78 is 16.3. The van der Waals surface area contributed by atoms with Gasteiger partial charge in [0.25, 0.3) is 11.8 Å². The Hall–Kier alpha value is -4.33. The van der Waals surface area contributed by atoms with E-state index in [1.165, 1.54) is 12.3 Å². The molecule has 2 aromatic carbocycles. The van der Waals surface area contributed by atoms with Crippen LogP contribution in [0.4, 0.5) is 11.4 Å². The lowest BCUT2D eigenvalue weighted by Gasteiger charge is -2.09. The number of amides is 2.